The first-order valence-corrected chi connectivity index (χ1v) is 20.5. The average Bonchev–Trinajstić information content (AvgIpc) is 3.44. The number of hydrogen-bond donors (Lipinski definition) is 0. The van der Waals surface area contributed by atoms with Gasteiger partial charge in [-0.15, -0.1) is 0 Å². The molecule has 50 heavy (non-hydrogen) atoms. The Bertz CT molecular complexity index is 1350. The third-order valence-corrected chi connectivity index (χ3v) is 13.5. The fourth-order valence-corrected chi connectivity index (χ4v) is 11.1. The lowest BCUT2D eigenvalue weighted by Crippen LogP contribution is -2.63. The highest BCUT2D eigenvalue weighted by molar-refractivity contribution is 7.85. The molecule has 0 aromatic carbocycles. The number of ether oxygens (including phenoxy) is 3. The van der Waals surface area contributed by atoms with Gasteiger partial charge in [-0.25, -0.2) is 0 Å². The molecule has 4 rings (SSSR count). The van der Waals surface area contributed by atoms with Crippen LogP contribution in [0.1, 0.15) is 97.8 Å². The zero-order valence-corrected chi connectivity index (χ0v) is 31.3. The van der Waals surface area contributed by atoms with Crippen LogP contribution in [0.5, 0.6) is 0 Å². The van der Waals surface area contributed by atoms with Crippen molar-refractivity contribution in [2.24, 2.45) is 61.7 Å². The summed E-state index contributed by atoms with van der Waals surface area (Å²) in [6.07, 6.45) is 12.2. The van der Waals surface area contributed by atoms with Gasteiger partial charge >= 0.3 is 0 Å². The van der Waals surface area contributed by atoms with Crippen molar-refractivity contribution in [3.63, 3.8) is 0 Å². The Morgan fingerprint density at radius 2 is 1.40 bits per heavy atom. The second-order valence-electron chi connectivity index (χ2n) is 15.6. The van der Waals surface area contributed by atoms with Crippen molar-refractivity contribution in [3.05, 3.63) is 31.3 Å². The molecule has 0 bridgehead atoms. The summed E-state index contributed by atoms with van der Waals surface area (Å²) in [7, 11) is -3.47. The molecule has 15 nitrogen and oxygen atoms in total. The van der Waals surface area contributed by atoms with E-state index in [1.807, 2.05) is 0 Å². The quantitative estimate of drug-likeness (QED) is 0.0371. The lowest BCUT2D eigenvalue weighted by molar-refractivity contribution is -0.227. The third kappa shape index (κ3) is 9.98. The largest absolute Gasteiger partial charge is 0.378 e. The van der Waals surface area contributed by atoms with E-state index < -0.39 is 10.1 Å². The molecular weight excluding hydrogens is 662 g/mol. The number of nitrogens with zero attached hydrogens (tertiary/aromatic N) is 9. The average molecular weight is 722 g/mol. The Balaban J connectivity index is 1.59. The maximum atomic E-state index is 11.6. The predicted octanol–water partition coefficient (Wildman–Crippen LogP) is 8.51. The van der Waals surface area contributed by atoms with E-state index in [1.54, 1.807) is 0 Å². The summed E-state index contributed by atoms with van der Waals surface area (Å²) in [5.41, 5.74) is 26.3. The molecule has 0 aromatic rings. The first-order chi connectivity index (χ1) is 24.0. The summed E-state index contributed by atoms with van der Waals surface area (Å²) in [6, 6.07) is 0. The van der Waals surface area contributed by atoms with Gasteiger partial charge in [-0.05, 0) is 135 Å². The van der Waals surface area contributed by atoms with Gasteiger partial charge in [0.25, 0.3) is 10.1 Å². The predicted molar refractivity (Wildman–Crippen MR) is 190 cm³/mol. The molecule has 4 unspecified atom stereocenters. The fraction of sp³-hybridized carbons (Fsp3) is 1.00. The van der Waals surface area contributed by atoms with Crippen molar-refractivity contribution in [2.75, 3.05) is 52.3 Å². The molecule has 11 atom stereocenters. The lowest BCUT2D eigenvalue weighted by atomic mass is 9.43. The van der Waals surface area contributed by atoms with Crippen LogP contribution in [0.15, 0.2) is 15.3 Å². The Kier molecular flexibility index (Phi) is 15.4. The van der Waals surface area contributed by atoms with Crippen LogP contribution in [-0.2, 0) is 28.5 Å². The van der Waals surface area contributed by atoms with Crippen LogP contribution in [-0.4, -0.2) is 79.0 Å². The minimum Gasteiger partial charge on any atom is -0.378 e. The Labute approximate surface area is 297 Å². The minimum atomic E-state index is -3.47. The molecule has 0 radical (unpaired) electrons. The van der Waals surface area contributed by atoms with E-state index >= 15 is 0 Å². The number of rotatable bonds is 21. The fourth-order valence-electron chi connectivity index (χ4n) is 10.7. The van der Waals surface area contributed by atoms with Crippen molar-refractivity contribution in [2.45, 2.75) is 116 Å². The zero-order valence-electron chi connectivity index (χ0n) is 30.5. The molecular formula is C34H59N9O6S. The van der Waals surface area contributed by atoms with Crippen molar-refractivity contribution in [3.8, 4) is 0 Å². The maximum Gasteiger partial charge on any atom is 0.264 e. The van der Waals surface area contributed by atoms with Gasteiger partial charge in [0.15, 0.2) is 0 Å². The van der Waals surface area contributed by atoms with Crippen LogP contribution in [0, 0.1) is 46.3 Å². The zero-order chi connectivity index (χ0) is 36.2. The molecule has 4 fully saturated rings. The smallest absolute Gasteiger partial charge is 0.264 e. The van der Waals surface area contributed by atoms with Gasteiger partial charge in [-0.3, -0.25) is 4.18 Å². The van der Waals surface area contributed by atoms with Gasteiger partial charge in [0, 0.05) is 59.6 Å². The summed E-state index contributed by atoms with van der Waals surface area (Å²) in [4.78, 5) is 8.70. The standard InChI is InChI=1S/C34H59N9O6S/c1-24(9-5-20-49-50(4,44)45)27-10-11-28-32-29(23-31(34(27,28)3)48-19-8-16-40-43-37)33(2)13-12-26(46-17-6-14-38-41-35)21-25(33)22-30(32)47-18-7-15-39-42-36/h24-32H,5-23H2,1-4H3/t24-,25?,26-,27?,28+,29+,30?,31+,32?,33+,34-/m1/s1. The van der Waals surface area contributed by atoms with Gasteiger partial charge in [-0.2, -0.15) is 8.42 Å². The molecule has 4 saturated carbocycles. The van der Waals surface area contributed by atoms with E-state index in [1.165, 1.54) is 0 Å². The van der Waals surface area contributed by atoms with Gasteiger partial charge < -0.3 is 14.2 Å². The van der Waals surface area contributed by atoms with E-state index in [0.29, 0.717) is 101 Å². The normalized spacial score (nSPS) is 35.4. The molecule has 0 N–H and O–H groups in total. The van der Waals surface area contributed by atoms with E-state index in [9.17, 15) is 8.42 Å². The van der Waals surface area contributed by atoms with Crippen LogP contribution < -0.4 is 0 Å². The molecule has 0 saturated heterocycles. The van der Waals surface area contributed by atoms with Crippen LogP contribution in [0.2, 0.25) is 0 Å². The SMILES string of the molecule is C[C@H](CCCOS(C)(=O)=O)C1CC[C@H]2C3C(OCCCN=[N+]=[N-])CC4C[C@H](OCCCN=[N+]=[N-])CC[C@]4(C)[C@H]3C[C@H](OCCCN=[N+]=[N-])[C@]12C. The van der Waals surface area contributed by atoms with Crippen molar-refractivity contribution in [1.29, 1.82) is 0 Å². The highest BCUT2D eigenvalue weighted by Gasteiger charge is 2.66. The van der Waals surface area contributed by atoms with Gasteiger partial charge in [0.1, 0.15) is 0 Å². The molecule has 0 spiro atoms. The molecule has 0 heterocycles. The summed E-state index contributed by atoms with van der Waals surface area (Å²) in [5.74, 6) is 2.38. The first kappa shape index (κ1) is 40.5. The second kappa shape index (κ2) is 19.0. The van der Waals surface area contributed by atoms with Gasteiger partial charge in [0.05, 0.1) is 31.2 Å². The van der Waals surface area contributed by atoms with Gasteiger partial charge in [0.2, 0.25) is 0 Å². The maximum absolute atomic E-state index is 11.6. The molecule has 0 amide bonds. The van der Waals surface area contributed by atoms with E-state index in [4.69, 9.17) is 35.0 Å². The monoisotopic (exact) mass is 721 g/mol. The van der Waals surface area contributed by atoms with Gasteiger partial charge in [-0.1, -0.05) is 36.1 Å². The second-order valence-corrected chi connectivity index (χ2v) is 17.3. The van der Waals surface area contributed by atoms with E-state index in [2.05, 4.69) is 50.8 Å². The van der Waals surface area contributed by atoms with Crippen LogP contribution in [0.25, 0.3) is 31.3 Å². The molecule has 0 aliphatic heterocycles. The Morgan fingerprint density at radius 3 is 2.02 bits per heavy atom. The number of azide groups is 3. The minimum absolute atomic E-state index is 0.0397. The highest BCUT2D eigenvalue weighted by Crippen LogP contribution is 2.69. The number of hydrogen-bond acceptors (Lipinski definition) is 9. The number of fused-ring (bicyclic) bond motifs is 5. The molecule has 4 aliphatic carbocycles. The summed E-state index contributed by atoms with van der Waals surface area (Å²) in [5, 5.41) is 11.1. The molecule has 16 heteroatoms. The lowest BCUT2D eigenvalue weighted by Gasteiger charge is -2.65. The Morgan fingerprint density at radius 1 is 0.780 bits per heavy atom. The van der Waals surface area contributed by atoms with Crippen LogP contribution >= 0.6 is 0 Å². The third-order valence-electron chi connectivity index (χ3n) is 12.9. The van der Waals surface area contributed by atoms with Crippen LogP contribution in [0.4, 0.5) is 0 Å². The summed E-state index contributed by atoms with van der Waals surface area (Å²) < 4.78 is 48.3. The summed E-state index contributed by atoms with van der Waals surface area (Å²) >= 11 is 0. The van der Waals surface area contributed by atoms with E-state index in [-0.39, 0.29) is 35.7 Å². The highest BCUT2D eigenvalue weighted by atomic mass is 32.2. The molecule has 4 aliphatic rings. The first-order valence-electron chi connectivity index (χ1n) is 18.7. The summed E-state index contributed by atoms with van der Waals surface area (Å²) in [6.45, 7) is 10.4. The Hall–Kier alpha value is -2.28. The van der Waals surface area contributed by atoms with Crippen molar-refractivity contribution >= 4 is 10.1 Å². The topological polar surface area (TPSA) is 217 Å². The molecule has 282 valence electrons. The van der Waals surface area contributed by atoms with Crippen molar-refractivity contribution < 1.29 is 26.8 Å². The van der Waals surface area contributed by atoms with E-state index in [0.717, 1.165) is 57.6 Å². The van der Waals surface area contributed by atoms with Crippen molar-refractivity contribution in [1.82, 2.24) is 0 Å². The molecule has 0 aromatic heterocycles. The van der Waals surface area contributed by atoms with Crippen LogP contribution in [0.3, 0.4) is 0 Å².